The third-order valence-corrected chi connectivity index (χ3v) is 6.36. The van der Waals surface area contributed by atoms with E-state index in [0.717, 1.165) is 16.7 Å². The number of halogens is 1. The molecule has 0 bridgehead atoms. The molecule has 6 nitrogen and oxygen atoms in total. The Bertz CT molecular complexity index is 1210. The minimum atomic E-state index is -0.633. The van der Waals surface area contributed by atoms with Crippen molar-refractivity contribution >= 4 is 5.97 Å². The molecule has 1 unspecified atom stereocenters. The van der Waals surface area contributed by atoms with Gasteiger partial charge < -0.3 is 24.1 Å². The van der Waals surface area contributed by atoms with Crippen LogP contribution < -0.4 is 9.47 Å². The summed E-state index contributed by atoms with van der Waals surface area (Å²) in [5, 5.41) is 10.1. The SMILES string of the molecule is COC(=O)CCc1cccc(OCc2ccc(-c3cc(OC)ccc3F)c(C(OC)C(C)(C)CO)c2)c1. The Kier molecular flexibility index (Phi) is 9.66. The van der Waals surface area contributed by atoms with Crippen LogP contribution in [0.3, 0.4) is 0 Å². The maximum absolute atomic E-state index is 15.0. The van der Waals surface area contributed by atoms with E-state index in [4.69, 9.17) is 18.9 Å². The zero-order valence-electron chi connectivity index (χ0n) is 22.0. The predicted molar refractivity (Wildman–Crippen MR) is 140 cm³/mol. The van der Waals surface area contributed by atoms with Gasteiger partial charge in [0.1, 0.15) is 23.9 Å². The van der Waals surface area contributed by atoms with Crippen LogP contribution in [-0.4, -0.2) is 39.0 Å². The van der Waals surface area contributed by atoms with Gasteiger partial charge in [-0.3, -0.25) is 4.79 Å². The van der Waals surface area contributed by atoms with Crippen LogP contribution in [0.1, 0.15) is 43.1 Å². The van der Waals surface area contributed by atoms with E-state index in [1.807, 2.05) is 56.3 Å². The molecule has 0 aromatic heterocycles. The number of aryl methyl sites for hydroxylation is 1. The molecule has 0 radical (unpaired) electrons. The van der Waals surface area contributed by atoms with E-state index in [0.29, 0.717) is 35.5 Å². The molecule has 0 aliphatic carbocycles. The summed E-state index contributed by atoms with van der Waals surface area (Å²) in [6.07, 6.45) is 0.338. The van der Waals surface area contributed by atoms with E-state index >= 15 is 0 Å². The van der Waals surface area contributed by atoms with Crippen LogP contribution in [0, 0.1) is 11.2 Å². The van der Waals surface area contributed by atoms with Gasteiger partial charge in [0.25, 0.3) is 0 Å². The second-order valence-electron chi connectivity index (χ2n) is 9.54. The number of carbonyl (C=O) groups is 1. The summed E-state index contributed by atoms with van der Waals surface area (Å²) in [4.78, 5) is 11.5. The second-order valence-corrected chi connectivity index (χ2v) is 9.54. The first-order valence-corrected chi connectivity index (χ1v) is 12.1. The first kappa shape index (κ1) is 28.2. The number of hydrogen-bond donors (Lipinski definition) is 1. The molecule has 7 heteroatoms. The van der Waals surface area contributed by atoms with Crippen molar-refractivity contribution in [2.45, 2.75) is 39.4 Å². The summed E-state index contributed by atoms with van der Waals surface area (Å²) in [7, 11) is 4.49. The Morgan fingerprint density at radius 3 is 2.41 bits per heavy atom. The van der Waals surface area contributed by atoms with E-state index in [2.05, 4.69) is 0 Å². The molecule has 1 N–H and O–H groups in total. The van der Waals surface area contributed by atoms with Crippen LogP contribution in [-0.2, 0) is 27.3 Å². The summed E-state index contributed by atoms with van der Waals surface area (Å²) in [5.41, 5.74) is 2.97. The molecule has 0 spiro atoms. The van der Waals surface area contributed by atoms with Crippen LogP contribution in [0.25, 0.3) is 11.1 Å². The zero-order chi connectivity index (χ0) is 27.0. The molecule has 0 heterocycles. The van der Waals surface area contributed by atoms with Gasteiger partial charge in [0.05, 0.1) is 26.9 Å². The Hall–Kier alpha value is -3.42. The molecule has 0 fully saturated rings. The van der Waals surface area contributed by atoms with E-state index in [1.54, 1.807) is 19.2 Å². The number of ether oxygens (including phenoxy) is 4. The van der Waals surface area contributed by atoms with Crippen molar-refractivity contribution in [1.29, 1.82) is 0 Å². The highest BCUT2D eigenvalue weighted by Crippen LogP contribution is 2.42. The molecule has 0 aliphatic rings. The van der Waals surface area contributed by atoms with Crippen LogP contribution in [0.2, 0.25) is 0 Å². The minimum Gasteiger partial charge on any atom is -0.497 e. The molecule has 3 rings (SSSR count). The molecule has 37 heavy (non-hydrogen) atoms. The van der Waals surface area contributed by atoms with Gasteiger partial charge in [0.2, 0.25) is 0 Å². The summed E-state index contributed by atoms with van der Waals surface area (Å²) in [6.45, 7) is 3.95. The second kappa shape index (κ2) is 12.7. The summed E-state index contributed by atoms with van der Waals surface area (Å²) >= 11 is 0. The summed E-state index contributed by atoms with van der Waals surface area (Å²) in [5.74, 6) is 0.569. The molecule has 3 aromatic rings. The number of aliphatic hydroxyl groups is 1. The van der Waals surface area contributed by atoms with Gasteiger partial charge in [0, 0.05) is 24.5 Å². The Morgan fingerprint density at radius 1 is 0.946 bits per heavy atom. The Labute approximate surface area is 218 Å². The van der Waals surface area contributed by atoms with E-state index < -0.39 is 11.5 Å². The molecule has 0 saturated heterocycles. The van der Waals surface area contributed by atoms with Crippen molar-refractivity contribution in [3.05, 3.63) is 83.2 Å². The molecule has 0 saturated carbocycles. The maximum Gasteiger partial charge on any atom is 0.305 e. The standard InChI is InChI=1S/C30H35FO6/c1-30(2,19-32)29(36-5)26-16-21(9-12-24(26)25-17-22(34-3)11-13-27(25)31)18-37-23-8-6-7-20(15-23)10-14-28(33)35-4/h6-9,11-13,15-17,29,32H,10,14,18-19H2,1-5H3. The van der Waals surface area contributed by atoms with Crippen LogP contribution in [0.4, 0.5) is 4.39 Å². The number of esters is 1. The molecule has 198 valence electrons. The Balaban J connectivity index is 1.94. The van der Waals surface area contributed by atoms with E-state index in [1.165, 1.54) is 20.3 Å². The normalized spacial score (nSPS) is 12.2. The zero-order valence-corrected chi connectivity index (χ0v) is 22.0. The van der Waals surface area contributed by atoms with Crippen molar-refractivity contribution in [1.82, 2.24) is 0 Å². The smallest absolute Gasteiger partial charge is 0.305 e. The highest BCUT2D eigenvalue weighted by molar-refractivity contribution is 5.71. The fourth-order valence-corrected chi connectivity index (χ4v) is 4.26. The largest absolute Gasteiger partial charge is 0.497 e. The lowest BCUT2D eigenvalue weighted by molar-refractivity contribution is -0.140. The molecular formula is C30H35FO6. The monoisotopic (exact) mass is 510 g/mol. The minimum absolute atomic E-state index is 0.120. The lowest BCUT2D eigenvalue weighted by Gasteiger charge is -2.33. The lowest BCUT2D eigenvalue weighted by Crippen LogP contribution is -2.28. The van der Waals surface area contributed by atoms with E-state index in [9.17, 15) is 14.3 Å². The molecule has 0 aliphatic heterocycles. The molecule has 3 aromatic carbocycles. The topological polar surface area (TPSA) is 74.2 Å². The first-order valence-electron chi connectivity index (χ1n) is 12.1. The van der Waals surface area contributed by atoms with E-state index in [-0.39, 0.29) is 25.0 Å². The highest BCUT2D eigenvalue weighted by Gasteiger charge is 2.33. The number of methoxy groups -OCH3 is 3. The fourth-order valence-electron chi connectivity index (χ4n) is 4.26. The van der Waals surface area contributed by atoms with Gasteiger partial charge in [-0.2, -0.15) is 0 Å². The van der Waals surface area contributed by atoms with Crippen LogP contribution >= 0.6 is 0 Å². The van der Waals surface area contributed by atoms with Crippen LogP contribution in [0.15, 0.2) is 60.7 Å². The van der Waals surface area contributed by atoms with Crippen molar-refractivity contribution in [3.63, 3.8) is 0 Å². The van der Waals surface area contributed by atoms with Crippen molar-refractivity contribution < 1.29 is 33.2 Å². The van der Waals surface area contributed by atoms with Crippen LogP contribution in [0.5, 0.6) is 11.5 Å². The van der Waals surface area contributed by atoms with Gasteiger partial charge in [-0.05, 0) is 65.1 Å². The van der Waals surface area contributed by atoms with Gasteiger partial charge >= 0.3 is 5.97 Å². The van der Waals surface area contributed by atoms with Gasteiger partial charge in [-0.25, -0.2) is 4.39 Å². The quantitative estimate of drug-likeness (QED) is 0.306. The van der Waals surface area contributed by atoms with Crippen molar-refractivity contribution in [2.24, 2.45) is 5.41 Å². The number of hydrogen-bond acceptors (Lipinski definition) is 6. The first-order chi connectivity index (χ1) is 17.7. The van der Waals surface area contributed by atoms with Crippen molar-refractivity contribution in [2.75, 3.05) is 27.9 Å². The summed E-state index contributed by atoms with van der Waals surface area (Å²) < 4.78 is 36.9. The lowest BCUT2D eigenvalue weighted by atomic mass is 9.80. The summed E-state index contributed by atoms with van der Waals surface area (Å²) in [6, 6.07) is 17.8. The number of rotatable bonds is 12. The van der Waals surface area contributed by atoms with Gasteiger partial charge in [-0.15, -0.1) is 0 Å². The number of aliphatic hydroxyl groups excluding tert-OH is 1. The average Bonchev–Trinajstić information content (AvgIpc) is 2.91. The highest BCUT2D eigenvalue weighted by atomic mass is 19.1. The Morgan fingerprint density at radius 2 is 1.73 bits per heavy atom. The number of benzene rings is 3. The average molecular weight is 511 g/mol. The van der Waals surface area contributed by atoms with Crippen molar-refractivity contribution in [3.8, 4) is 22.6 Å². The van der Waals surface area contributed by atoms with Gasteiger partial charge in [0.15, 0.2) is 0 Å². The fraction of sp³-hybridized carbons (Fsp3) is 0.367. The predicted octanol–water partition coefficient (Wildman–Crippen LogP) is 5.89. The molecular weight excluding hydrogens is 475 g/mol. The maximum atomic E-state index is 15.0. The molecule has 0 amide bonds. The van der Waals surface area contributed by atoms with Gasteiger partial charge in [-0.1, -0.05) is 38.1 Å². The molecule has 1 atom stereocenters. The third-order valence-electron chi connectivity index (χ3n) is 6.36. The third kappa shape index (κ3) is 7.08. The number of carbonyl (C=O) groups excluding carboxylic acids is 1.